The maximum atomic E-state index is 12.4. The van der Waals surface area contributed by atoms with Gasteiger partial charge in [-0.2, -0.15) is 13.2 Å². The summed E-state index contributed by atoms with van der Waals surface area (Å²) in [5.74, 6) is 0. The molecule has 0 spiro atoms. The summed E-state index contributed by atoms with van der Waals surface area (Å²) in [5, 5.41) is 0. The van der Waals surface area contributed by atoms with Gasteiger partial charge < -0.3 is 0 Å². The smallest absolute Gasteiger partial charge is 0.166 e. The molecular formula is C15H11F3S. The standard InChI is InChI=1S/C15H11F3S/c1-11(19-14-5-3-2-4-6-14)12-7-9-13(10-8-12)15(16,17)18/h2-10H,1H2. The maximum Gasteiger partial charge on any atom is 0.416 e. The molecule has 0 fully saturated rings. The first-order valence-electron chi connectivity index (χ1n) is 5.56. The summed E-state index contributed by atoms with van der Waals surface area (Å²) in [6.45, 7) is 3.89. The van der Waals surface area contributed by atoms with Gasteiger partial charge in [-0.15, -0.1) is 0 Å². The third-order valence-electron chi connectivity index (χ3n) is 2.52. The molecule has 2 aromatic carbocycles. The number of alkyl halides is 3. The van der Waals surface area contributed by atoms with E-state index >= 15 is 0 Å². The molecule has 0 heterocycles. The van der Waals surface area contributed by atoms with Crippen molar-refractivity contribution < 1.29 is 13.2 Å². The number of halogens is 3. The van der Waals surface area contributed by atoms with Gasteiger partial charge in [0.2, 0.25) is 0 Å². The second-order valence-corrected chi connectivity index (χ2v) is 5.08. The highest BCUT2D eigenvalue weighted by molar-refractivity contribution is 8.08. The van der Waals surface area contributed by atoms with Gasteiger partial charge in [0, 0.05) is 9.80 Å². The third-order valence-corrected chi connectivity index (χ3v) is 3.51. The Labute approximate surface area is 114 Å². The van der Waals surface area contributed by atoms with Crippen LogP contribution in [0.5, 0.6) is 0 Å². The first-order chi connectivity index (χ1) is 8.97. The van der Waals surface area contributed by atoms with Crippen LogP contribution in [0.2, 0.25) is 0 Å². The summed E-state index contributed by atoms with van der Waals surface area (Å²) in [6.07, 6.45) is -4.30. The fourth-order valence-electron chi connectivity index (χ4n) is 1.53. The Balaban J connectivity index is 2.12. The predicted octanol–water partition coefficient (Wildman–Crippen LogP) is 5.47. The molecule has 0 radical (unpaired) electrons. The Morgan fingerprint density at radius 3 is 2.00 bits per heavy atom. The lowest BCUT2D eigenvalue weighted by atomic mass is 10.1. The van der Waals surface area contributed by atoms with Gasteiger partial charge in [-0.05, 0) is 29.8 Å². The van der Waals surface area contributed by atoms with Crippen molar-refractivity contribution in [2.75, 3.05) is 0 Å². The molecule has 0 saturated carbocycles. The van der Waals surface area contributed by atoms with Crippen molar-refractivity contribution >= 4 is 16.7 Å². The van der Waals surface area contributed by atoms with Crippen molar-refractivity contribution in [2.24, 2.45) is 0 Å². The summed E-state index contributed by atoms with van der Waals surface area (Å²) >= 11 is 1.43. The summed E-state index contributed by atoms with van der Waals surface area (Å²) in [6, 6.07) is 14.6. The molecule has 0 amide bonds. The minimum absolute atomic E-state index is 0.645. The highest BCUT2D eigenvalue weighted by Gasteiger charge is 2.29. The molecule has 0 aliphatic rings. The number of rotatable bonds is 3. The van der Waals surface area contributed by atoms with E-state index in [1.165, 1.54) is 23.9 Å². The van der Waals surface area contributed by atoms with Crippen LogP contribution in [0.3, 0.4) is 0 Å². The molecule has 2 rings (SSSR count). The van der Waals surface area contributed by atoms with Crippen LogP contribution in [-0.2, 0) is 6.18 Å². The highest BCUT2D eigenvalue weighted by atomic mass is 32.2. The molecular weight excluding hydrogens is 269 g/mol. The van der Waals surface area contributed by atoms with E-state index in [2.05, 4.69) is 6.58 Å². The molecule has 0 nitrogen and oxygen atoms in total. The van der Waals surface area contributed by atoms with Gasteiger partial charge in [-0.3, -0.25) is 0 Å². The Morgan fingerprint density at radius 2 is 1.47 bits per heavy atom. The zero-order valence-corrected chi connectivity index (χ0v) is 10.8. The van der Waals surface area contributed by atoms with Crippen molar-refractivity contribution in [3.8, 4) is 0 Å². The van der Waals surface area contributed by atoms with Crippen molar-refractivity contribution in [3.63, 3.8) is 0 Å². The monoisotopic (exact) mass is 280 g/mol. The number of hydrogen-bond donors (Lipinski definition) is 0. The molecule has 0 atom stereocenters. The van der Waals surface area contributed by atoms with E-state index in [0.29, 0.717) is 5.56 Å². The van der Waals surface area contributed by atoms with Crippen LogP contribution in [0.15, 0.2) is 66.1 Å². The maximum absolute atomic E-state index is 12.4. The van der Waals surface area contributed by atoms with Crippen LogP contribution in [0.1, 0.15) is 11.1 Å². The highest BCUT2D eigenvalue weighted by Crippen LogP contribution is 2.34. The van der Waals surface area contributed by atoms with Crippen LogP contribution in [0, 0.1) is 0 Å². The second-order valence-electron chi connectivity index (χ2n) is 3.91. The molecule has 4 heteroatoms. The number of thioether (sulfide) groups is 1. The first-order valence-corrected chi connectivity index (χ1v) is 6.38. The van der Waals surface area contributed by atoms with Gasteiger partial charge in [0.25, 0.3) is 0 Å². The molecule has 0 bridgehead atoms. The zero-order chi connectivity index (χ0) is 13.9. The fraction of sp³-hybridized carbons (Fsp3) is 0.0667. The summed E-state index contributed by atoms with van der Waals surface area (Å²) in [7, 11) is 0. The quantitative estimate of drug-likeness (QED) is 0.672. The lowest BCUT2D eigenvalue weighted by molar-refractivity contribution is -0.137. The Bertz CT molecular complexity index is 556. The Morgan fingerprint density at radius 1 is 0.895 bits per heavy atom. The normalized spacial score (nSPS) is 11.3. The summed E-state index contributed by atoms with van der Waals surface area (Å²) < 4.78 is 37.3. The number of benzene rings is 2. The van der Waals surface area contributed by atoms with Crippen LogP contribution in [0.4, 0.5) is 13.2 Å². The molecule has 0 saturated heterocycles. The van der Waals surface area contributed by atoms with Gasteiger partial charge >= 0.3 is 6.18 Å². The van der Waals surface area contributed by atoms with Crippen molar-refractivity contribution in [1.82, 2.24) is 0 Å². The summed E-state index contributed by atoms with van der Waals surface area (Å²) in [4.78, 5) is 1.73. The van der Waals surface area contributed by atoms with E-state index in [1.807, 2.05) is 30.3 Å². The number of hydrogen-bond acceptors (Lipinski definition) is 1. The second kappa shape index (κ2) is 5.53. The molecule has 98 valence electrons. The van der Waals surface area contributed by atoms with Gasteiger partial charge in [-0.25, -0.2) is 0 Å². The van der Waals surface area contributed by atoms with E-state index in [1.54, 1.807) is 0 Å². The minimum atomic E-state index is -4.30. The molecule has 0 aliphatic heterocycles. The zero-order valence-electron chi connectivity index (χ0n) is 9.95. The fourth-order valence-corrected chi connectivity index (χ4v) is 2.37. The largest absolute Gasteiger partial charge is 0.416 e. The average Bonchev–Trinajstić information content (AvgIpc) is 2.39. The molecule has 0 aliphatic carbocycles. The van der Waals surface area contributed by atoms with E-state index in [-0.39, 0.29) is 0 Å². The van der Waals surface area contributed by atoms with Crippen LogP contribution < -0.4 is 0 Å². The molecule has 19 heavy (non-hydrogen) atoms. The van der Waals surface area contributed by atoms with Crippen molar-refractivity contribution in [3.05, 3.63) is 72.3 Å². The van der Waals surface area contributed by atoms with Crippen molar-refractivity contribution in [2.45, 2.75) is 11.1 Å². The summed E-state index contributed by atoms with van der Waals surface area (Å²) in [5.41, 5.74) is 0.0515. The van der Waals surface area contributed by atoms with Gasteiger partial charge in [-0.1, -0.05) is 48.7 Å². The SMILES string of the molecule is C=C(Sc1ccccc1)c1ccc(C(F)(F)F)cc1. The Hall–Kier alpha value is -1.68. The van der Waals surface area contributed by atoms with Crippen LogP contribution in [-0.4, -0.2) is 0 Å². The molecule has 2 aromatic rings. The lowest BCUT2D eigenvalue weighted by Crippen LogP contribution is -2.04. The molecule has 0 aromatic heterocycles. The van der Waals surface area contributed by atoms with E-state index < -0.39 is 11.7 Å². The topological polar surface area (TPSA) is 0 Å². The van der Waals surface area contributed by atoms with Gasteiger partial charge in [0.1, 0.15) is 0 Å². The van der Waals surface area contributed by atoms with Crippen LogP contribution in [0.25, 0.3) is 4.91 Å². The average molecular weight is 280 g/mol. The third kappa shape index (κ3) is 3.64. The van der Waals surface area contributed by atoms with Gasteiger partial charge in [0.05, 0.1) is 5.56 Å². The minimum Gasteiger partial charge on any atom is -0.166 e. The van der Waals surface area contributed by atoms with Crippen molar-refractivity contribution in [1.29, 1.82) is 0 Å². The predicted molar refractivity (Wildman–Crippen MR) is 72.8 cm³/mol. The first kappa shape index (κ1) is 13.7. The van der Waals surface area contributed by atoms with Crippen LogP contribution >= 0.6 is 11.8 Å². The molecule has 0 unspecified atom stereocenters. The van der Waals surface area contributed by atoms with Gasteiger partial charge in [0.15, 0.2) is 0 Å². The molecule has 0 N–H and O–H groups in total. The van der Waals surface area contributed by atoms with E-state index in [0.717, 1.165) is 21.9 Å². The van der Waals surface area contributed by atoms with E-state index in [9.17, 15) is 13.2 Å². The van der Waals surface area contributed by atoms with E-state index in [4.69, 9.17) is 0 Å². The lowest BCUT2D eigenvalue weighted by Gasteiger charge is -2.09. The Kier molecular flexibility index (Phi) is 4.00.